The van der Waals surface area contributed by atoms with Crippen LogP contribution in [0.5, 0.6) is 0 Å². The van der Waals surface area contributed by atoms with E-state index in [0.29, 0.717) is 17.2 Å². The molecule has 1 aliphatic carbocycles. The molecule has 1 aliphatic rings. The number of aromatic nitrogens is 1. The number of hydrogen-bond acceptors (Lipinski definition) is 4. The summed E-state index contributed by atoms with van der Waals surface area (Å²) in [6.07, 6.45) is 4.22. The van der Waals surface area contributed by atoms with Gasteiger partial charge < -0.3 is 19.9 Å². The van der Waals surface area contributed by atoms with Crippen LogP contribution in [0.2, 0.25) is 0 Å². The van der Waals surface area contributed by atoms with Gasteiger partial charge in [0.1, 0.15) is 0 Å². The van der Waals surface area contributed by atoms with Crippen LogP contribution in [-0.4, -0.2) is 36.2 Å². The molecule has 0 unspecified atom stereocenters. The largest absolute Gasteiger partial charge is 0.379 e. The SMILES string of the molecule is CCN(c1cccc(C(=O)NCc2c(C)cc(C)[nH]c2=O)c1C)C1CCC(C)(OC)CC1. The van der Waals surface area contributed by atoms with Crippen molar-refractivity contribution < 1.29 is 9.53 Å². The van der Waals surface area contributed by atoms with Crippen LogP contribution in [0.3, 0.4) is 0 Å². The van der Waals surface area contributed by atoms with Crippen LogP contribution in [0.1, 0.15) is 72.3 Å². The fraction of sp³-hybridized carbons (Fsp3) is 0.538. The van der Waals surface area contributed by atoms with Crippen molar-refractivity contribution in [1.29, 1.82) is 0 Å². The number of carbonyl (C=O) groups is 1. The van der Waals surface area contributed by atoms with E-state index in [9.17, 15) is 9.59 Å². The lowest BCUT2D eigenvalue weighted by molar-refractivity contribution is -0.0270. The summed E-state index contributed by atoms with van der Waals surface area (Å²) in [4.78, 5) is 30.5. The van der Waals surface area contributed by atoms with Crippen molar-refractivity contribution >= 4 is 11.6 Å². The number of methoxy groups -OCH3 is 1. The van der Waals surface area contributed by atoms with Gasteiger partial charge in [-0.2, -0.15) is 0 Å². The molecule has 6 heteroatoms. The van der Waals surface area contributed by atoms with E-state index in [-0.39, 0.29) is 23.6 Å². The third-order valence-electron chi connectivity index (χ3n) is 7.07. The summed E-state index contributed by atoms with van der Waals surface area (Å²) in [5.74, 6) is -0.157. The first-order valence-electron chi connectivity index (χ1n) is 11.6. The molecule has 0 spiro atoms. The lowest BCUT2D eigenvalue weighted by Gasteiger charge is -2.42. The second kappa shape index (κ2) is 9.90. The summed E-state index contributed by atoms with van der Waals surface area (Å²) in [6.45, 7) is 11.2. The summed E-state index contributed by atoms with van der Waals surface area (Å²) in [5.41, 5.74) is 4.85. The summed E-state index contributed by atoms with van der Waals surface area (Å²) in [5, 5.41) is 2.95. The molecule has 1 aromatic heterocycles. The van der Waals surface area contributed by atoms with E-state index in [2.05, 4.69) is 35.1 Å². The third kappa shape index (κ3) is 5.07. The number of anilines is 1. The van der Waals surface area contributed by atoms with Crippen LogP contribution in [-0.2, 0) is 11.3 Å². The zero-order chi connectivity index (χ0) is 23.5. The first kappa shape index (κ1) is 24.1. The molecule has 0 atom stereocenters. The Kier molecular flexibility index (Phi) is 7.44. The van der Waals surface area contributed by atoms with E-state index in [1.165, 1.54) is 0 Å². The fourth-order valence-corrected chi connectivity index (χ4v) is 4.90. The standard InChI is InChI=1S/C26H37N3O3/c1-7-29(20-11-13-26(5,32-6)14-12-20)23-10-8-9-21(19(23)4)24(30)27-16-22-17(2)15-18(3)28-25(22)31/h8-10,15,20H,7,11-14,16H2,1-6H3,(H,27,30)(H,28,31). The van der Waals surface area contributed by atoms with Crippen molar-refractivity contribution in [3.8, 4) is 0 Å². The molecule has 1 saturated carbocycles. The number of H-pyrrole nitrogens is 1. The lowest BCUT2D eigenvalue weighted by Crippen LogP contribution is -2.43. The lowest BCUT2D eigenvalue weighted by atomic mass is 9.82. The molecule has 1 aromatic carbocycles. The topological polar surface area (TPSA) is 74.4 Å². The van der Waals surface area contributed by atoms with Gasteiger partial charge in [-0.15, -0.1) is 0 Å². The monoisotopic (exact) mass is 439 g/mol. The third-order valence-corrected chi connectivity index (χ3v) is 7.07. The van der Waals surface area contributed by atoms with Crippen LogP contribution >= 0.6 is 0 Å². The second-order valence-corrected chi connectivity index (χ2v) is 9.25. The number of nitrogens with zero attached hydrogens (tertiary/aromatic N) is 1. The van der Waals surface area contributed by atoms with Crippen LogP contribution in [0.15, 0.2) is 29.1 Å². The highest BCUT2D eigenvalue weighted by molar-refractivity contribution is 5.97. The maximum atomic E-state index is 13.0. The van der Waals surface area contributed by atoms with Crippen molar-refractivity contribution in [2.75, 3.05) is 18.6 Å². The van der Waals surface area contributed by atoms with Gasteiger partial charge in [-0.25, -0.2) is 0 Å². The highest BCUT2D eigenvalue weighted by atomic mass is 16.5. The highest BCUT2D eigenvalue weighted by Gasteiger charge is 2.33. The number of amides is 1. The maximum Gasteiger partial charge on any atom is 0.253 e. The Bertz CT molecular complexity index is 1020. The molecule has 32 heavy (non-hydrogen) atoms. The van der Waals surface area contributed by atoms with E-state index in [1.807, 2.05) is 39.0 Å². The molecule has 1 fully saturated rings. The molecule has 174 valence electrons. The van der Waals surface area contributed by atoms with Gasteiger partial charge in [-0.3, -0.25) is 9.59 Å². The molecule has 6 nitrogen and oxygen atoms in total. The first-order chi connectivity index (χ1) is 15.2. The number of aromatic amines is 1. The number of nitrogens with one attached hydrogen (secondary N) is 2. The van der Waals surface area contributed by atoms with Gasteiger partial charge in [0.15, 0.2) is 0 Å². The Morgan fingerprint density at radius 2 is 1.94 bits per heavy atom. The number of hydrogen-bond donors (Lipinski definition) is 2. The Balaban J connectivity index is 1.77. The predicted molar refractivity (Wildman–Crippen MR) is 130 cm³/mol. The normalized spacial score (nSPS) is 20.8. The molecule has 1 heterocycles. The number of aryl methyl sites for hydroxylation is 2. The van der Waals surface area contributed by atoms with Crippen molar-refractivity contribution in [1.82, 2.24) is 10.3 Å². The molecule has 0 radical (unpaired) electrons. The van der Waals surface area contributed by atoms with E-state index in [1.54, 1.807) is 7.11 Å². The van der Waals surface area contributed by atoms with Crippen LogP contribution in [0.4, 0.5) is 5.69 Å². The van der Waals surface area contributed by atoms with Gasteiger partial charge in [0.2, 0.25) is 0 Å². The van der Waals surface area contributed by atoms with Gasteiger partial charge in [-0.05, 0) is 89.6 Å². The van der Waals surface area contributed by atoms with Gasteiger partial charge >= 0.3 is 0 Å². The van der Waals surface area contributed by atoms with E-state index < -0.39 is 0 Å². The number of rotatable bonds is 7. The highest BCUT2D eigenvalue weighted by Crippen LogP contribution is 2.36. The number of carbonyl (C=O) groups excluding carboxylic acids is 1. The average Bonchev–Trinajstić information content (AvgIpc) is 2.76. The van der Waals surface area contributed by atoms with Gasteiger partial charge in [0.05, 0.1) is 5.60 Å². The minimum atomic E-state index is -0.157. The second-order valence-electron chi connectivity index (χ2n) is 9.25. The Morgan fingerprint density at radius 1 is 1.25 bits per heavy atom. The van der Waals surface area contributed by atoms with Crippen molar-refractivity contribution in [3.05, 3.63) is 62.6 Å². The van der Waals surface area contributed by atoms with Gasteiger partial charge in [0.25, 0.3) is 11.5 Å². The predicted octanol–water partition coefficient (Wildman–Crippen LogP) is 4.40. The fourth-order valence-electron chi connectivity index (χ4n) is 4.90. The summed E-state index contributed by atoms with van der Waals surface area (Å²) in [6, 6.07) is 8.28. The van der Waals surface area contributed by atoms with Gasteiger partial charge in [-0.1, -0.05) is 6.07 Å². The smallest absolute Gasteiger partial charge is 0.253 e. The number of pyridine rings is 1. The summed E-state index contributed by atoms with van der Waals surface area (Å²) in [7, 11) is 1.80. The number of ether oxygens (including phenoxy) is 1. The minimum absolute atomic E-state index is 0.0291. The zero-order valence-electron chi connectivity index (χ0n) is 20.3. The summed E-state index contributed by atoms with van der Waals surface area (Å²) >= 11 is 0. The van der Waals surface area contributed by atoms with E-state index in [0.717, 1.165) is 54.7 Å². The summed E-state index contributed by atoms with van der Waals surface area (Å²) < 4.78 is 5.71. The molecule has 3 rings (SSSR count). The van der Waals surface area contributed by atoms with Crippen LogP contribution in [0.25, 0.3) is 0 Å². The maximum absolute atomic E-state index is 13.0. The zero-order valence-corrected chi connectivity index (χ0v) is 20.3. The Morgan fingerprint density at radius 3 is 2.53 bits per heavy atom. The van der Waals surface area contributed by atoms with E-state index >= 15 is 0 Å². The molecular formula is C26H37N3O3. The Hall–Kier alpha value is -2.60. The van der Waals surface area contributed by atoms with Crippen molar-refractivity contribution in [2.45, 2.75) is 78.5 Å². The molecule has 0 bridgehead atoms. The first-order valence-corrected chi connectivity index (χ1v) is 11.6. The quantitative estimate of drug-likeness (QED) is 0.670. The van der Waals surface area contributed by atoms with Crippen molar-refractivity contribution in [2.24, 2.45) is 0 Å². The van der Waals surface area contributed by atoms with Gasteiger partial charge in [0, 0.05) is 48.7 Å². The molecule has 0 saturated heterocycles. The van der Waals surface area contributed by atoms with Crippen LogP contribution < -0.4 is 15.8 Å². The van der Waals surface area contributed by atoms with Crippen molar-refractivity contribution in [3.63, 3.8) is 0 Å². The van der Waals surface area contributed by atoms with E-state index in [4.69, 9.17) is 4.74 Å². The molecule has 0 aliphatic heterocycles. The van der Waals surface area contributed by atoms with Crippen LogP contribution in [0, 0.1) is 20.8 Å². The molecule has 1 amide bonds. The number of benzene rings is 1. The Labute approximate surface area is 191 Å². The average molecular weight is 440 g/mol. The molecule has 2 aromatic rings. The minimum Gasteiger partial charge on any atom is -0.379 e. The molecule has 2 N–H and O–H groups in total. The molecular weight excluding hydrogens is 402 g/mol.